The maximum Gasteiger partial charge on any atom is 0.405 e. The lowest BCUT2D eigenvalue weighted by Gasteiger charge is -2.16. The van der Waals surface area contributed by atoms with Crippen LogP contribution in [-0.2, 0) is 4.74 Å². The van der Waals surface area contributed by atoms with E-state index < -0.39 is 11.7 Å². The zero-order valence-electron chi connectivity index (χ0n) is 19.8. The van der Waals surface area contributed by atoms with Crippen molar-refractivity contribution in [3.8, 4) is 22.9 Å². The number of hydrogen-bond donors (Lipinski definition) is 3. The van der Waals surface area contributed by atoms with E-state index in [0.29, 0.717) is 35.4 Å². The summed E-state index contributed by atoms with van der Waals surface area (Å²) in [5.74, 6) is 1.94. The molecule has 32 heavy (non-hydrogen) atoms. The second kappa shape index (κ2) is 11.8. The molecule has 8 nitrogen and oxygen atoms in total. The zero-order valence-corrected chi connectivity index (χ0v) is 19.8. The van der Waals surface area contributed by atoms with Gasteiger partial charge < -0.3 is 26.7 Å². The van der Waals surface area contributed by atoms with Gasteiger partial charge in [0, 0.05) is 11.8 Å². The Labute approximate surface area is 190 Å². The molecule has 1 aromatic carbocycles. The monoisotopic (exact) mass is 441 g/mol. The SMILES string of the molecule is CC(C)(C)OC(N)=O.CC(C)CC(C)COc1ccc(-c2ccnc(N)c2N)cc1C#N. The van der Waals surface area contributed by atoms with Gasteiger partial charge in [-0.05, 0) is 62.8 Å². The van der Waals surface area contributed by atoms with Gasteiger partial charge >= 0.3 is 6.09 Å². The van der Waals surface area contributed by atoms with Crippen molar-refractivity contribution in [3.05, 3.63) is 36.0 Å². The molecule has 1 atom stereocenters. The van der Waals surface area contributed by atoms with E-state index in [1.165, 1.54) is 0 Å². The van der Waals surface area contributed by atoms with Gasteiger partial charge in [0.15, 0.2) is 0 Å². The highest BCUT2D eigenvalue weighted by molar-refractivity contribution is 5.83. The molecule has 0 saturated carbocycles. The van der Waals surface area contributed by atoms with Gasteiger partial charge in [0.25, 0.3) is 0 Å². The first kappa shape index (κ1) is 26.6. The Morgan fingerprint density at radius 2 is 1.84 bits per heavy atom. The quantitative estimate of drug-likeness (QED) is 0.586. The highest BCUT2D eigenvalue weighted by Crippen LogP contribution is 2.32. The molecule has 2 rings (SSSR count). The van der Waals surface area contributed by atoms with Crippen molar-refractivity contribution in [2.45, 2.75) is 53.6 Å². The summed E-state index contributed by atoms with van der Waals surface area (Å²) in [6.45, 7) is 12.4. The van der Waals surface area contributed by atoms with Gasteiger partial charge in [0.1, 0.15) is 23.2 Å². The summed E-state index contributed by atoms with van der Waals surface area (Å²) in [5.41, 5.74) is 18.5. The first-order valence-electron chi connectivity index (χ1n) is 10.5. The Bertz CT molecular complexity index is 946. The molecular formula is C24H35N5O3. The number of carbonyl (C=O) groups is 1. The van der Waals surface area contributed by atoms with E-state index in [9.17, 15) is 10.1 Å². The number of carbonyl (C=O) groups excluding carboxylic acids is 1. The number of pyridine rings is 1. The van der Waals surface area contributed by atoms with Crippen LogP contribution in [0.1, 0.15) is 53.5 Å². The fourth-order valence-electron chi connectivity index (χ4n) is 3.06. The number of nitrogens with two attached hydrogens (primary N) is 3. The van der Waals surface area contributed by atoms with E-state index in [0.717, 1.165) is 17.5 Å². The number of benzene rings is 1. The summed E-state index contributed by atoms with van der Waals surface area (Å²) in [5, 5.41) is 9.43. The molecule has 0 aliphatic carbocycles. The van der Waals surface area contributed by atoms with Crippen LogP contribution < -0.4 is 21.9 Å². The summed E-state index contributed by atoms with van der Waals surface area (Å²) in [6, 6.07) is 9.44. The molecule has 0 fully saturated rings. The molecule has 0 radical (unpaired) electrons. The number of rotatable bonds is 6. The Morgan fingerprint density at radius 1 is 1.19 bits per heavy atom. The van der Waals surface area contributed by atoms with Crippen molar-refractivity contribution in [2.24, 2.45) is 17.6 Å². The normalized spacial score (nSPS) is 11.7. The van der Waals surface area contributed by atoms with Crippen LogP contribution in [-0.4, -0.2) is 23.3 Å². The molecular weight excluding hydrogens is 406 g/mol. The van der Waals surface area contributed by atoms with Gasteiger partial charge in [-0.15, -0.1) is 0 Å². The van der Waals surface area contributed by atoms with E-state index in [1.807, 2.05) is 12.1 Å². The van der Waals surface area contributed by atoms with Crippen molar-refractivity contribution in [1.29, 1.82) is 5.26 Å². The number of anilines is 2. The minimum absolute atomic E-state index is 0.286. The third-order valence-electron chi connectivity index (χ3n) is 4.24. The number of nitrogen functional groups attached to an aromatic ring is 2. The molecule has 0 bridgehead atoms. The van der Waals surface area contributed by atoms with Crippen LogP contribution >= 0.6 is 0 Å². The first-order valence-corrected chi connectivity index (χ1v) is 10.5. The van der Waals surface area contributed by atoms with Gasteiger partial charge in [-0.1, -0.05) is 26.8 Å². The maximum absolute atomic E-state index is 10.0. The molecule has 174 valence electrons. The molecule has 1 unspecified atom stereocenters. The van der Waals surface area contributed by atoms with E-state index in [4.69, 9.17) is 21.9 Å². The van der Waals surface area contributed by atoms with Gasteiger partial charge in [0.05, 0.1) is 17.9 Å². The van der Waals surface area contributed by atoms with Crippen molar-refractivity contribution in [2.75, 3.05) is 18.1 Å². The number of amides is 1. The summed E-state index contributed by atoms with van der Waals surface area (Å²) in [4.78, 5) is 14.0. The van der Waals surface area contributed by atoms with E-state index in [-0.39, 0.29) is 5.82 Å². The van der Waals surface area contributed by atoms with Crippen LogP contribution in [0.3, 0.4) is 0 Å². The Balaban J connectivity index is 0.000000547. The van der Waals surface area contributed by atoms with Gasteiger partial charge in [-0.2, -0.15) is 5.26 Å². The van der Waals surface area contributed by atoms with Crippen LogP contribution in [0.2, 0.25) is 0 Å². The summed E-state index contributed by atoms with van der Waals surface area (Å²) < 4.78 is 10.4. The Kier molecular flexibility index (Phi) is 9.79. The standard InChI is InChI=1S/C19H24N4O.C5H11NO2/c1-12(2)8-13(3)11-24-17-5-4-14(9-15(17)10-20)16-6-7-23-19(22)18(16)21;1-5(2,3)8-4(6)7/h4-7,9,12-13H,8,11,21H2,1-3H3,(H2,22,23);1-3H3,(H2,6,7). The maximum atomic E-state index is 10.0. The van der Waals surface area contributed by atoms with Crippen molar-refractivity contribution < 1.29 is 14.3 Å². The molecule has 0 saturated heterocycles. The smallest absolute Gasteiger partial charge is 0.405 e. The second-order valence-corrected chi connectivity index (χ2v) is 9.06. The van der Waals surface area contributed by atoms with Crippen molar-refractivity contribution >= 4 is 17.6 Å². The highest BCUT2D eigenvalue weighted by Gasteiger charge is 2.13. The Morgan fingerprint density at radius 3 is 2.34 bits per heavy atom. The van der Waals surface area contributed by atoms with Crippen LogP contribution in [0.15, 0.2) is 30.5 Å². The fourth-order valence-corrected chi connectivity index (χ4v) is 3.06. The zero-order chi connectivity index (χ0) is 24.5. The lowest BCUT2D eigenvalue weighted by atomic mass is 9.99. The van der Waals surface area contributed by atoms with Crippen LogP contribution in [0.25, 0.3) is 11.1 Å². The summed E-state index contributed by atoms with van der Waals surface area (Å²) in [7, 11) is 0. The average molecular weight is 442 g/mol. The number of ether oxygens (including phenoxy) is 2. The molecule has 0 aliphatic heterocycles. The van der Waals surface area contributed by atoms with Gasteiger partial charge in [-0.25, -0.2) is 9.78 Å². The van der Waals surface area contributed by atoms with Crippen molar-refractivity contribution in [3.63, 3.8) is 0 Å². The molecule has 0 aliphatic rings. The lowest BCUT2D eigenvalue weighted by Crippen LogP contribution is -2.27. The predicted molar refractivity (Wildman–Crippen MR) is 128 cm³/mol. The second-order valence-electron chi connectivity index (χ2n) is 9.06. The summed E-state index contributed by atoms with van der Waals surface area (Å²) in [6.07, 6.45) is 1.97. The largest absolute Gasteiger partial charge is 0.492 e. The number of hydrogen-bond acceptors (Lipinski definition) is 7. The van der Waals surface area contributed by atoms with Crippen molar-refractivity contribution in [1.82, 2.24) is 4.98 Å². The molecule has 8 heteroatoms. The van der Waals surface area contributed by atoms with E-state index >= 15 is 0 Å². The third kappa shape index (κ3) is 9.13. The average Bonchev–Trinajstić information content (AvgIpc) is 2.66. The molecule has 2 aromatic rings. The third-order valence-corrected chi connectivity index (χ3v) is 4.24. The van der Waals surface area contributed by atoms with E-state index in [2.05, 4.69) is 36.6 Å². The summed E-state index contributed by atoms with van der Waals surface area (Å²) >= 11 is 0. The molecule has 1 aromatic heterocycles. The van der Waals surface area contributed by atoms with E-state index in [1.54, 1.807) is 39.1 Å². The molecule has 6 N–H and O–H groups in total. The Hall–Kier alpha value is -3.47. The number of nitriles is 1. The topological polar surface area (TPSA) is 150 Å². The highest BCUT2D eigenvalue weighted by atomic mass is 16.6. The van der Waals surface area contributed by atoms with Crippen LogP contribution in [0.5, 0.6) is 5.75 Å². The van der Waals surface area contributed by atoms with Crippen LogP contribution in [0.4, 0.5) is 16.3 Å². The first-order chi connectivity index (χ1) is 14.8. The molecule has 1 heterocycles. The predicted octanol–water partition coefficient (Wildman–Crippen LogP) is 4.73. The van der Waals surface area contributed by atoms with Gasteiger partial charge in [0.2, 0.25) is 0 Å². The van der Waals surface area contributed by atoms with Gasteiger partial charge in [-0.3, -0.25) is 0 Å². The molecule has 0 spiro atoms. The number of nitrogens with zero attached hydrogens (tertiary/aromatic N) is 2. The lowest BCUT2D eigenvalue weighted by molar-refractivity contribution is 0.0600. The minimum Gasteiger partial charge on any atom is -0.492 e. The molecule has 1 amide bonds. The minimum atomic E-state index is -0.725. The fraction of sp³-hybridized carbons (Fsp3) is 0.458. The number of primary amides is 1. The number of aromatic nitrogens is 1. The van der Waals surface area contributed by atoms with Crippen LogP contribution in [0, 0.1) is 23.2 Å².